The summed E-state index contributed by atoms with van der Waals surface area (Å²) in [6.07, 6.45) is 3.73. The lowest BCUT2D eigenvalue weighted by molar-refractivity contribution is -0.116. The van der Waals surface area contributed by atoms with Crippen molar-refractivity contribution < 1.29 is 4.79 Å². The SMILES string of the molecule is CSc1ccc(NC(=O)CCn2cnc3c(C)cccc3c2=O)cc1. The summed E-state index contributed by atoms with van der Waals surface area (Å²) in [7, 11) is 0. The summed E-state index contributed by atoms with van der Waals surface area (Å²) < 4.78 is 1.48. The van der Waals surface area contributed by atoms with E-state index in [1.807, 2.05) is 49.6 Å². The first kappa shape index (κ1) is 17.2. The lowest BCUT2D eigenvalue weighted by Gasteiger charge is -2.09. The Morgan fingerprint density at radius 1 is 1.20 bits per heavy atom. The molecule has 25 heavy (non-hydrogen) atoms. The van der Waals surface area contributed by atoms with Crippen molar-refractivity contribution in [2.24, 2.45) is 0 Å². The number of fused-ring (bicyclic) bond motifs is 1. The van der Waals surface area contributed by atoms with Gasteiger partial charge in [0.2, 0.25) is 5.91 Å². The Balaban J connectivity index is 1.68. The first-order chi connectivity index (χ1) is 12.1. The van der Waals surface area contributed by atoms with Gasteiger partial charge in [0.1, 0.15) is 0 Å². The average Bonchev–Trinajstić information content (AvgIpc) is 2.62. The molecule has 0 saturated heterocycles. The van der Waals surface area contributed by atoms with Crippen molar-refractivity contribution in [3.05, 3.63) is 64.7 Å². The molecule has 0 aliphatic rings. The van der Waals surface area contributed by atoms with E-state index in [2.05, 4.69) is 10.3 Å². The van der Waals surface area contributed by atoms with Gasteiger partial charge < -0.3 is 5.32 Å². The molecule has 1 amide bonds. The van der Waals surface area contributed by atoms with Crippen LogP contribution in [0.15, 0.2) is 58.5 Å². The van der Waals surface area contributed by atoms with Gasteiger partial charge in [0.15, 0.2) is 0 Å². The van der Waals surface area contributed by atoms with Gasteiger partial charge in [-0.3, -0.25) is 14.2 Å². The van der Waals surface area contributed by atoms with Crippen molar-refractivity contribution in [2.75, 3.05) is 11.6 Å². The number of anilines is 1. The molecule has 1 aromatic heterocycles. The number of aryl methyl sites for hydroxylation is 2. The van der Waals surface area contributed by atoms with Crippen molar-refractivity contribution in [3.63, 3.8) is 0 Å². The van der Waals surface area contributed by atoms with Crippen LogP contribution in [-0.4, -0.2) is 21.7 Å². The molecule has 0 bridgehead atoms. The maximum atomic E-state index is 12.5. The van der Waals surface area contributed by atoms with Gasteiger partial charge in [0.05, 0.1) is 17.2 Å². The second kappa shape index (κ2) is 7.53. The quantitative estimate of drug-likeness (QED) is 0.714. The van der Waals surface area contributed by atoms with Crippen LogP contribution in [0.2, 0.25) is 0 Å². The number of aromatic nitrogens is 2. The molecule has 0 unspecified atom stereocenters. The summed E-state index contributed by atoms with van der Waals surface area (Å²) in [6, 6.07) is 13.2. The zero-order valence-electron chi connectivity index (χ0n) is 14.2. The highest BCUT2D eigenvalue weighted by molar-refractivity contribution is 7.98. The molecule has 3 rings (SSSR count). The lowest BCUT2D eigenvalue weighted by atomic mass is 10.1. The van der Waals surface area contributed by atoms with E-state index in [0.717, 1.165) is 16.1 Å². The normalized spacial score (nSPS) is 10.8. The molecular weight excluding hydrogens is 334 g/mol. The van der Waals surface area contributed by atoms with Crippen molar-refractivity contribution in [1.82, 2.24) is 9.55 Å². The molecule has 0 aliphatic carbocycles. The van der Waals surface area contributed by atoms with Gasteiger partial charge in [0.25, 0.3) is 5.56 Å². The minimum atomic E-state index is -0.131. The number of para-hydroxylation sites is 1. The minimum absolute atomic E-state index is 0.120. The molecule has 0 spiro atoms. The van der Waals surface area contributed by atoms with Gasteiger partial charge in [-0.15, -0.1) is 11.8 Å². The summed E-state index contributed by atoms with van der Waals surface area (Å²) in [6.45, 7) is 2.22. The molecule has 0 fully saturated rings. The van der Waals surface area contributed by atoms with E-state index < -0.39 is 0 Å². The highest BCUT2D eigenvalue weighted by atomic mass is 32.2. The van der Waals surface area contributed by atoms with Crippen LogP contribution in [0.1, 0.15) is 12.0 Å². The van der Waals surface area contributed by atoms with Gasteiger partial charge in [-0.2, -0.15) is 0 Å². The largest absolute Gasteiger partial charge is 0.326 e. The minimum Gasteiger partial charge on any atom is -0.326 e. The molecule has 0 atom stereocenters. The Morgan fingerprint density at radius 3 is 2.68 bits per heavy atom. The van der Waals surface area contributed by atoms with Crippen LogP contribution in [0.25, 0.3) is 10.9 Å². The molecule has 1 heterocycles. The zero-order valence-corrected chi connectivity index (χ0v) is 15.0. The number of nitrogens with zero attached hydrogens (tertiary/aromatic N) is 2. The van der Waals surface area contributed by atoms with Crippen LogP contribution < -0.4 is 10.9 Å². The number of carbonyl (C=O) groups excluding carboxylic acids is 1. The number of rotatable bonds is 5. The van der Waals surface area contributed by atoms with Crippen molar-refractivity contribution in [2.45, 2.75) is 24.8 Å². The van der Waals surface area contributed by atoms with E-state index in [1.54, 1.807) is 17.8 Å². The summed E-state index contributed by atoms with van der Waals surface area (Å²) in [5.74, 6) is -0.131. The van der Waals surface area contributed by atoms with Crippen LogP contribution in [-0.2, 0) is 11.3 Å². The van der Waals surface area contributed by atoms with Gasteiger partial charge in [0, 0.05) is 23.5 Å². The molecule has 2 aromatic carbocycles. The van der Waals surface area contributed by atoms with Crippen molar-refractivity contribution in [3.8, 4) is 0 Å². The Labute approximate surface area is 150 Å². The standard InChI is InChI=1S/C19H19N3O2S/c1-13-4-3-5-16-18(13)20-12-22(19(16)24)11-10-17(23)21-14-6-8-15(25-2)9-7-14/h3-9,12H,10-11H2,1-2H3,(H,21,23). The number of benzene rings is 2. The van der Waals surface area contributed by atoms with E-state index in [4.69, 9.17) is 0 Å². The van der Waals surface area contributed by atoms with Gasteiger partial charge in [-0.25, -0.2) is 4.98 Å². The third-order valence-electron chi connectivity index (χ3n) is 4.01. The molecular formula is C19H19N3O2S. The summed E-state index contributed by atoms with van der Waals surface area (Å²) in [5, 5.41) is 3.42. The Hall–Kier alpha value is -2.60. The molecule has 0 saturated carbocycles. The number of amides is 1. The number of hydrogen-bond donors (Lipinski definition) is 1. The van der Waals surface area contributed by atoms with E-state index >= 15 is 0 Å². The number of thioether (sulfide) groups is 1. The highest BCUT2D eigenvalue weighted by Crippen LogP contribution is 2.17. The highest BCUT2D eigenvalue weighted by Gasteiger charge is 2.08. The Bertz CT molecular complexity index is 965. The Kier molecular flexibility index (Phi) is 5.19. The first-order valence-corrected chi connectivity index (χ1v) is 9.19. The fourth-order valence-corrected chi connectivity index (χ4v) is 3.02. The number of carbonyl (C=O) groups is 1. The zero-order chi connectivity index (χ0) is 17.8. The number of nitrogens with one attached hydrogen (secondary N) is 1. The van der Waals surface area contributed by atoms with Gasteiger partial charge in [-0.05, 0) is 49.1 Å². The fourth-order valence-electron chi connectivity index (χ4n) is 2.62. The summed E-state index contributed by atoms with van der Waals surface area (Å²) in [5.41, 5.74) is 2.31. The average molecular weight is 353 g/mol. The van der Waals surface area contributed by atoms with E-state index in [9.17, 15) is 9.59 Å². The van der Waals surface area contributed by atoms with Gasteiger partial charge in [-0.1, -0.05) is 12.1 Å². The molecule has 6 heteroatoms. The van der Waals surface area contributed by atoms with Crippen LogP contribution in [0.5, 0.6) is 0 Å². The lowest BCUT2D eigenvalue weighted by Crippen LogP contribution is -2.23. The van der Waals surface area contributed by atoms with Crippen LogP contribution >= 0.6 is 11.8 Å². The molecule has 0 aliphatic heterocycles. The van der Waals surface area contributed by atoms with Crippen molar-refractivity contribution in [1.29, 1.82) is 0 Å². The maximum Gasteiger partial charge on any atom is 0.261 e. The van der Waals surface area contributed by atoms with Crippen LogP contribution in [0, 0.1) is 6.92 Å². The topological polar surface area (TPSA) is 64.0 Å². The summed E-state index contributed by atoms with van der Waals surface area (Å²) in [4.78, 5) is 30.1. The smallest absolute Gasteiger partial charge is 0.261 e. The first-order valence-electron chi connectivity index (χ1n) is 7.97. The molecule has 0 radical (unpaired) electrons. The predicted molar refractivity (Wildman–Crippen MR) is 102 cm³/mol. The van der Waals surface area contributed by atoms with E-state index in [1.165, 1.54) is 10.9 Å². The maximum absolute atomic E-state index is 12.5. The van der Waals surface area contributed by atoms with Gasteiger partial charge >= 0.3 is 0 Å². The van der Waals surface area contributed by atoms with E-state index in [0.29, 0.717) is 17.4 Å². The monoisotopic (exact) mass is 353 g/mol. The molecule has 128 valence electrons. The van der Waals surface area contributed by atoms with E-state index in [-0.39, 0.29) is 17.9 Å². The second-order valence-corrected chi connectivity index (χ2v) is 6.62. The molecule has 3 aromatic rings. The van der Waals surface area contributed by atoms with Crippen LogP contribution in [0.3, 0.4) is 0 Å². The fraction of sp³-hybridized carbons (Fsp3) is 0.211. The molecule has 5 nitrogen and oxygen atoms in total. The Morgan fingerprint density at radius 2 is 1.96 bits per heavy atom. The summed E-state index contributed by atoms with van der Waals surface area (Å²) >= 11 is 1.65. The third-order valence-corrected chi connectivity index (χ3v) is 4.75. The number of hydrogen-bond acceptors (Lipinski definition) is 4. The molecule has 1 N–H and O–H groups in total. The second-order valence-electron chi connectivity index (χ2n) is 5.74. The van der Waals surface area contributed by atoms with Crippen LogP contribution in [0.4, 0.5) is 5.69 Å². The van der Waals surface area contributed by atoms with Crippen molar-refractivity contribution >= 4 is 34.3 Å². The predicted octanol–water partition coefficient (Wildman–Crippen LogP) is 3.46. The third kappa shape index (κ3) is 3.91.